The minimum atomic E-state index is -0.547. The van der Waals surface area contributed by atoms with Crippen LogP contribution in [-0.2, 0) is 0 Å². The van der Waals surface area contributed by atoms with Crippen LogP contribution in [0.1, 0.15) is 22.9 Å². The first-order valence-electron chi connectivity index (χ1n) is 6.51. The standard InChI is InChI=1S/C16H14BrFN2O/c1-9-4-2-5-10-8-13(21-16(9)10)15(20-19)11-6-3-7-12(17)14(11)18/h2-8,15,20H,19H2,1H3. The van der Waals surface area contributed by atoms with E-state index in [0.29, 0.717) is 15.8 Å². The second kappa shape index (κ2) is 5.60. The van der Waals surface area contributed by atoms with E-state index in [9.17, 15) is 4.39 Å². The van der Waals surface area contributed by atoms with Crippen LogP contribution in [0.15, 0.2) is 51.4 Å². The molecule has 0 aliphatic rings. The normalized spacial score (nSPS) is 12.8. The summed E-state index contributed by atoms with van der Waals surface area (Å²) in [7, 11) is 0. The summed E-state index contributed by atoms with van der Waals surface area (Å²) in [5.74, 6) is 5.86. The molecule has 0 spiro atoms. The Kier molecular flexibility index (Phi) is 3.80. The highest BCUT2D eigenvalue weighted by molar-refractivity contribution is 9.10. The molecule has 108 valence electrons. The highest BCUT2D eigenvalue weighted by Gasteiger charge is 2.22. The molecular weight excluding hydrogens is 335 g/mol. The number of nitrogens with two attached hydrogens (primary N) is 1. The molecule has 1 unspecified atom stereocenters. The molecule has 0 bridgehead atoms. The first-order chi connectivity index (χ1) is 10.1. The average molecular weight is 349 g/mol. The number of hydrazine groups is 1. The molecule has 0 amide bonds. The summed E-state index contributed by atoms with van der Waals surface area (Å²) in [4.78, 5) is 0. The van der Waals surface area contributed by atoms with E-state index >= 15 is 0 Å². The second-order valence-electron chi connectivity index (χ2n) is 4.88. The number of para-hydroxylation sites is 1. The molecule has 3 N–H and O–H groups in total. The van der Waals surface area contributed by atoms with Crippen molar-refractivity contribution in [2.24, 2.45) is 5.84 Å². The maximum Gasteiger partial charge on any atom is 0.142 e. The lowest BCUT2D eigenvalue weighted by Gasteiger charge is -2.15. The van der Waals surface area contributed by atoms with E-state index in [0.717, 1.165) is 16.5 Å². The Bertz CT molecular complexity index is 800. The summed E-state index contributed by atoms with van der Waals surface area (Å²) < 4.78 is 20.5. The van der Waals surface area contributed by atoms with Gasteiger partial charge in [0, 0.05) is 10.9 Å². The van der Waals surface area contributed by atoms with Crippen LogP contribution in [-0.4, -0.2) is 0 Å². The third-order valence-corrected chi connectivity index (χ3v) is 4.12. The van der Waals surface area contributed by atoms with Gasteiger partial charge >= 0.3 is 0 Å². The maximum absolute atomic E-state index is 14.3. The van der Waals surface area contributed by atoms with Crippen molar-refractivity contribution in [3.63, 3.8) is 0 Å². The van der Waals surface area contributed by atoms with Gasteiger partial charge in [-0.3, -0.25) is 5.84 Å². The van der Waals surface area contributed by atoms with Crippen molar-refractivity contribution in [2.45, 2.75) is 13.0 Å². The van der Waals surface area contributed by atoms with Crippen LogP contribution in [0.25, 0.3) is 11.0 Å². The van der Waals surface area contributed by atoms with E-state index in [-0.39, 0.29) is 5.82 Å². The zero-order valence-corrected chi connectivity index (χ0v) is 12.9. The fourth-order valence-electron chi connectivity index (χ4n) is 2.44. The van der Waals surface area contributed by atoms with Crippen LogP contribution in [0.5, 0.6) is 0 Å². The molecule has 0 aliphatic carbocycles. The van der Waals surface area contributed by atoms with E-state index in [2.05, 4.69) is 21.4 Å². The molecule has 0 fully saturated rings. The van der Waals surface area contributed by atoms with Gasteiger partial charge in [0.05, 0.1) is 4.47 Å². The summed E-state index contributed by atoms with van der Waals surface area (Å²) in [6, 6.07) is 12.3. The van der Waals surface area contributed by atoms with Crippen molar-refractivity contribution in [1.29, 1.82) is 0 Å². The van der Waals surface area contributed by atoms with Gasteiger partial charge in [-0.15, -0.1) is 0 Å². The number of furan rings is 1. The zero-order chi connectivity index (χ0) is 15.0. The van der Waals surface area contributed by atoms with E-state index in [1.807, 2.05) is 31.2 Å². The second-order valence-corrected chi connectivity index (χ2v) is 5.74. The Balaban J connectivity index is 2.14. The van der Waals surface area contributed by atoms with Crippen molar-refractivity contribution in [2.75, 3.05) is 0 Å². The fourth-order valence-corrected chi connectivity index (χ4v) is 2.82. The number of hydrogen-bond acceptors (Lipinski definition) is 3. The number of halogens is 2. The quantitative estimate of drug-likeness (QED) is 0.551. The molecule has 21 heavy (non-hydrogen) atoms. The first kappa shape index (κ1) is 14.3. The van der Waals surface area contributed by atoms with Crippen molar-refractivity contribution in [1.82, 2.24) is 5.43 Å². The molecule has 2 aromatic carbocycles. The predicted molar refractivity (Wildman–Crippen MR) is 84.2 cm³/mol. The monoisotopic (exact) mass is 348 g/mol. The molecule has 3 aromatic rings. The lowest BCUT2D eigenvalue weighted by Crippen LogP contribution is -2.29. The molecular formula is C16H14BrFN2O. The third-order valence-electron chi connectivity index (χ3n) is 3.50. The number of hydrogen-bond donors (Lipinski definition) is 2. The van der Waals surface area contributed by atoms with Gasteiger partial charge < -0.3 is 4.42 Å². The van der Waals surface area contributed by atoms with Gasteiger partial charge in [0.2, 0.25) is 0 Å². The Morgan fingerprint density at radius 2 is 2.00 bits per heavy atom. The molecule has 0 radical (unpaired) electrons. The summed E-state index contributed by atoms with van der Waals surface area (Å²) >= 11 is 3.19. The lowest BCUT2D eigenvalue weighted by atomic mass is 10.0. The molecule has 0 saturated carbocycles. The Morgan fingerprint density at radius 3 is 2.71 bits per heavy atom. The van der Waals surface area contributed by atoms with Crippen molar-refractivity contribution < 1.29 is 8.81 Å². The number of nitrogens with one attached hydrogen (secondary N) is 1. The Morgan fingerprint density at radius 1 is 1.24 bits per heavy atom. The van der Waals surface area contributed by atoms with Crippen LogP contribution in [0, 0.1) is 12.7 Å². The topological polar surface area (TPSA) is 51.2 Å². The zero-order valence-electron chi connectivity index (χ0n) is 11.4. The minimum absolute atomic E-state index is 0.349. The molecule has 5 heteroatoms. The summed E-state index contributed by atoms with van der Waals surface area (Å²) in [5, 5.41) is 0.973. The largest absolute Gasteiger partial charge is 0.459 e. The van der Waals surface area contributed by atoms with E-state index in [1.54, 1.807) is 18.2 Å². The van der Waals surface area contributed by atoms with Gasteiger partial charge in [0.1, 0.15) is 23.2 Å². The molecule has 3 rings (SSSR count). The van der Waals surface area contributed by atoms with Gasteiger partial charge in [-0.1, -0.05) is 30.3 Å². The highest BCUT2D eigenvalue weighted by atomic mass is 79.9. The van der Waals surface area contributed by atoms with Gasteiger partial charge in [-0.25, -0.2) is 9.82 Å². The third kappa shape index (κ3) is 2.48. The molecule has 3 nitrogen and oxygen atoms in total. The SMILES string of the molecule is Cc1cccc2cc(C(NN)c3cccc(Br)c3F)oc12. The number of rotatable bonds is 3. The van der Waals surface area contributed by atoms with Crippen molar-refractivity contribution in [3.05, 3.63) is 69.6 Å². The Hall–Kier alpha value is -1.69. The van der Waals surface area contributed by atoms with Crippen molar-refractivity contribution in [3.8, 4) is 0 Å². The predicted octanol–water partition coefficient (Wildman–Crippen LogP) is 4.20. The van der Waals surface area contributed by atoms with Gasteiger partial charge in [0.15, 0.2) is 0 Å². The molecule has 1 aromatic heterocycles. The average Bonchev–Trinajstić information content (AvgIpc) is 2.89. The molecule has 0 aliphatic heterocycles. The number of aryl methyl sites for hydroxylation is 1. The van der Waals surface area contributed by atoms with Crippen LogP contribution in [0.2, 0.25) is 0 Å². The maximum atomic E-state index is 14.3. The summed E-state index contributed by atoms with van der Waals surface area (Å²) in [6.45, 7) is 1.97. The van der Waals surface area contributed by atoms with Gasteiger partial charge in [-0.05, 0) is 40.5 Å². The van der Waals surface area contributed by atoms with Crippen LogP contribution < -0.4 is 11.3 Å². The Labute approximate surface area is 130 Å². The molecule has 0 saturated heterocycles. The van der Waals surface area contributed by atoms with Crippen LogP contribution in [0.4, 0.5) is 4.39 Å². The summed E-state index contributed by atoms with van der Waals surface area (Å²) in [6.07, 6.45) is 0. The smallest absolute Gasteiger partial charge is 0.142 e. The first-order valence-corrected chi connectivity index (χ1v) is 7.30. The number of benzene rings is 2. The van der Waals surface area contributed by atoms with Gasteiger partial charge in [0.25, 0.3) is 0 Å². The molecule has 1 atom stereocenters. The lowest BCUT2D eigenvalue weighted by molar-refractivity contribution is 0.461. The van der Waals surface area contributed by atoms with E-state index in [4.69, 9.17) is 10.3 Å². The fraction of sp³-hybridized carbons (Fsp3) is 0.125. The minimum Gasteiger partial charge on any atom is -0.459 e. The van der Waals surface area contributed by atoms with E-state index < -0.39 is 6.04 Å². The van der Waals surface area contributed by atoms with Crippen molar-refractivity contribution >= 4 is 26.9 Å². The molecule has 1 heterocycles. The van der Waals surface area contributed by atoms with Crippen LogP contribution >= 0.6 is 15.9 Å². The number of fused-ring (bicyclic) bond motifs is 1. The van der Waals surface area contributed by atoms with Crippen LogP contribution in [0.3, 0.4) is 0 Å². The van der Waals surface area contributed by atoms with E-state index in [1.165, 1.54) is 0 Å². The summed E-state index contributed by atoms with van der Waals surface area (Å²) in [5.41, 5.74) is 4.89. The highest BCUT2D eigenvalue weighted by Crippen LogP contribution is 2.32. The van der Waals surface area contributed by atoms with Gasteiger partial charge in [-0.2, -0.15) is 0 Å².